The van der Waals surface area contributed by atoms with Crippen LogP contribution in [0.3, 0.4) is 0 Å². The molecule has 1 atom stereocenters. The largest absolute Gasteiger partial charge is 0.480 e. The average Bonchev–Trinajstić information content (AvgIpc) is 2.63. The minimum Gasteiger partial charge on any atom is -0.480 e. The Balaban J connectivity index is 2.58. The fourth-order valence-electron chi connectivity index (χ4n) is 1.09. The Morgan fingerprint density at radius 2 is 2.31 bits per heavy atom. The standard InChI is InChI=1S/C10H15N3O3/c1-3-7(2)10(16)11-8-4-5-13(12-8)6-9(14)15/h4-5,7H,3,6H2,1-2H3,(H,14,15)(H,11,12,16). The van der Waals surface area contributed by atoms with Crippen molar-refractivity contribution >= 4 is 17.7 Å². The van der Waals surface area contributed by atoms with Gasteiger partial charge in [0.05, 0.1) is 0 Å². The van der Waals surface area contributed by atoms with Crippen LogP contribution in [0.1, 0.15) is 20.3 Å². The van der Waals surface area contributed by atoms with Crippen molar-refractivity contribution in [2.45, 2.75) is 26.8 Å². The molecule has 1 aromatic heterocycles. The van der Waals surface area contributed by atoms with Crippen molar-refractivity contribution in [3.8, 4) is 0 Å². The molecular formula is C10H15N3O3. The molecule has 1 amide bonds. The van der Waals surface area contributed by atoms with Crippen LogP contribution >= 0.6 is 0 Å². The Labute approximate surface area is 93.3 Å². The molecule has 6 heteroatoms. The summed E-state index contributed by atoms with van der Waals surface area (Å²) in [5.74, 6) is -0.776. The third-order valence-electron chi connectivity index (χ3n) is 2.25. The maximum absolute atomic E-state index is 11.5. The predicted octanol–water partition coefficient (Wildman–Crippen LogP) is 0.952. The molecule has 1 unspecified atom stereocenters. The number of carbonyl (C=O) groups excluding carboxylic acids is 1. The minimum absolute atomic E-state index is 0.0791. The summed E-state index contributed by atoms with van der Waals surface area (Å²) in [6, 6.07) is 1.57. The Morgan fingerprint density at radius 1 is 1.62 bits per heavy atom. The van der Waals surface area contributed by atoms with E-state index in [9.17, 15) is 9.59 Å². The molecule has 1 rings (SSSR count). The van der Waals surface area contributed by atoms with E-state index in [1.165, 1.54) is 10.9 Å². The van der Waals surface area contributed by atoms with Gasteiger partial charge in [-0.15, -0.1) is 0 Å². The highest BCUT2D eigenvalue weighted by atomic mass is 16.4. The Hall–Kier alpha value is -1.85. The fraction of sp³-hybridized carbons (Fsp3) is 0.500. The van der Waals surface area contributed by atoms with Crippen LogP contribution in [0.25, 0.3) is 0 Å². The van der Waals surface area contributed by atoms with Gasteiger partial charge >= 0.3 is 5.97 Å². The SMILES string of the molecule is CCC(C)C(=O)Nc1ccn(CC(=O)O)n1. The summed E-state index contributed by atoms with van der Waals surface area (Å²) < 4.78 is 1.26. The van der Waals surface area contributed by atoms with Crippen LogP contribution in [0.4, 0.5) is 5.82 Å². The molecule has 0 aliphatic heterocycles. The van der Waals surface area contributed by atoms with Crippen LogP contribution in [0.15, 0.2) is 12.3 Å². The third-order valence-corrected chi connectivity index (χ3v) is 2.25. The molecule has 0 spiro atoms. The predicted molar refractivity (Wildman–Crippen MR) is 57.9 cm³/mol. The lowest BCUT2D eigenvalue weighted by Gasteiger charge is -2.07. The number of carbonyl (C=O) groups is 2. The van der Waals surface area contributed by atoms with Gasteiger partial charge in [0.1, 0.15) is 6.54 Å². The highest BCUT2D eigenvalue weighted by Gasteiger charge is 2.12. The molecular weight excluding hydrogens is 210 g/mol. The smallest absolute Gasteiger partial charge is 0.325 e. The second-order valence-electron chi connectivity index (χ2n) is 3.59. The normalized spacial score (nSPS) is 12.1. The quantitative estimate of drug-likeness (QED) is 0.781. The third kappa shape index (κ3) is 3.38. The first kappa shape index (κ1) is 12.2. The van der Waals surface area contributed by atoms with Gasteiger partial charge in [0.25, 0.3) is 0 Å². The minimum atomic E-state index is -0.970. The van der Waals surface area contributed by atoms with E-state index in [2.05, 4.69) is 10.4 Å². The van der Waals surface area contributed by atoms with Crippen molar-refractivity contribution in [1.82, 2.24) is 9.78 Å². The molecule has 0 aliphatic carbocycles. The summed E-state index contributed by atoms with van der Waals surface area (Å²) in [5.41, 5.74) is 0. The summed E-state index contributed by atoms with van der Waals surface area (Å²) in [6.07, 6.45) is 2.27. The summed E-state index contributed by atoms with van der Waals surface area (Å²) >= 11 is 0. The molecule has 0 saturated carbocycles. The van der Waals surface area contributed by atoms with E-state index >= 15 is 0 Å². The van der Waals surface area contributed by atoms with Gasteiger partial charge in [0, 0.05) is 18.2 Å². The van der Waals surface area contributed by atoms with Gasteiger partial charge in [-0.05, 0) is 6.42 Å². The number of anilines is 1. The maximum atomic E-state index is 11.5. The Bertz CT molecular complexity index is 386. The summed E-state index contributed by atoms with van der Waals surface area (Å²) in [6.45, 7) is 3.54. The number of carboxylic acid groups (broad SMARTS) is 1. The molecule has 0 saturated heterocycles. The highest BCUT2D eigenvalue weighted by molar-refractivity contribution is 5.91. The number of hydrogen-bond donors (Lipinski definition) is 2. The lowest BCUT2D eigenvalue weighted by atomic mass is 10.1. The van der Waals surface area contributed by atoms with E-state index < -0.39 is 5.97 Å². The number of amides is 1. The first-order valence-electron chi connectivity index (χ1n) is 5.09. The molecule has 1 aromatic rings. The number of aromatic nitrogens is 2. The molecule has 16 heavy (non-hydrogen) atoms. The van der Waals surface area contributed by atoms with Crippen LogP contribution in [-0.2, 0) is 16.1 Å². The Kier molecular flexibility index (Phi) is 4.04. The van der Waals surface area contributed by atoms with Crippen molar-refractivity contribution in [3.05, 3.63) is 12.3 Å². The first-order valence-corrected chi connectivity index (χ1v) is 5.09. The van der Waals surface area contributed by atoms with Gasteiger partial charge in [0.15, 0.2) is 5.82 Å². The highest BCUT2D eigenvalue weighted by Crippen LogP contribution is 2.07. The number of nitrogens with one attached hydrogen (secondary N) is 1. The zero-order valence-corrected chi connectivity index (χ0v) is 9.30. The molecule has 2 N–H and O–H groups in total. The molecule has 6 nitrogen and oxygen atoms in total. The van der Waals surface area contributed by atoms with Gasteiger partial charge in [-0.25, -0.2) is 0 Å². The molecule has 88 valence electrons. The van der Waals surface area contributed by atoms with Gasteiger partial charge in [-0.1, -0.05) is 13.8 Å². The van der Waals surface area contributed by atoms with Gasteiger partial charge < -0.3 is 10.4 Å². The van der Waals surface area contributed by atoms with E-state index in [-0.39, 0.29) is 18.4 Å². The second kappa shape index (κ2) is 5.29. The molecule has 0 bridgehead atoms. The van der Waals surface area contributed by atoms with Crippen LogP contribution in [0, 0.1) is 5.92 Å². The van der Waals surface area contributed by atoms with Crippen LogP contribution in [0.2, 0.25) is 0 Å². The molecule has 0 aliphatic rings. The Morgan fingerprint density at radius 3 is 2.88 bits per heavy atom. The fourth-order valence-corrected chi connectivity index (χ4v) is 1.09. The number of hydrogen-bond acceptors (Lipinski definition) is 3. The van der Waals surface area contributed by atoms with Gasteiger partial charge in [0.2, 0.25) is 5.91 Å². The van der Waals surface area contributed by atoms with Crippen molar-refractivity contribution in [3.63, 3.8) is 0 Å². The van der Waals surface area contributed by atoms with Crippen molar-refractivity contribution < 1.29 is 14.7 Å². The lowest BCUT2D eigenvalue weighted by molar-refractivity contribution is -0.137. The number of aliphatic carboxylic acids is 1. The van der Waals surface area contributed by atoms with Crippen LogP contribution < -0.4 is 5.32 Å². The van der Waals surface area contributed by atoms with Crippen molar-refractivity contribution in [2.75, 3.05) is 5.32 Å². The number of carboxylic acids is 1. The van der Waals surface area contributed by atoms with E-state index in [4.69, 9.17) is 5.11 Å². The van der Waals surface area contributed by atoms with Crippen molar-refractivity contribution in [1.29, 1.82) is 0 Å². The van der Waals surface area contributed by atoms with Gasteiger partial charge in [-0.3, -0.25) is 14.3 Å². The number of rotatable bonds is 5. The summed E-state index contributed by atoms with van der Waals surface area (Å²) in [4.78, 5) is 21.9. The molecule has 1 heterocycles. The lowest BCUT2D eigenvalue weighted by Crippen LogP contribution is -2.20. The molecule has 0 fully saturated rings. The van der Waals surface area contributed by atoms with E-state index in [1.807, 2.05) is 13.8 Å². The summed E-state index contributed by atoms with van der Waals surface area (Å²) in [7, 11) is 0. The van der Waals surface area contributed by atoms with E-state index in [1.54, 1.807) is 6.07 Å². The van der Waals surface area contributed by atoms with Crippen LogP contribution in [-0.4, -0.2) is 26.8 Å². The topological polar surface area (TPSA) is 84.2 Å². The van der Waals surface area contributed by atoms with Crippen LogP contribution in [0.5, 0.6) is 0 Å². The van der Waals surface area contributed by atoms with Gasteiger partial charge in [-0.2, -0.15) is 5.10 Å². The number of nitrogens with zero attached hydrogens (tertiary/aromatic N) is 2. The zero-order valence-electron chi connectivity index (χ0n) is 9.30. The molecule has 0 radical (unpaired) electrons. The van der Waals surface area contributed by atoms with E-state index in [0.717, 1.165) is 6.42 Å². The second-order valence-corrected chi connectivity index (χ2v) is 3.59. The zero-order chi connectivity index (χ0) is 12.1. The monoisotopic (exact) mass is 225 g/mol. The maximum Gasteiger partial charge on any atom is 0.325 e. The molecule has 0 aromatic carbocycles. The van der Waals surface area contributed by atoms with E-state index in [0.29, 0.717) is 5.82 Å². The summed E-state index contributed by atoms with van der Waals surface area (Å²) in [5, 5.41) is 15.1. The van der Waals surface area contributed by atoms with Crippen molar-refractivity contribution in [2.24, 2.45) is 5.92 Å². The first-order chi connectivity index (χ1) is 7.52. The average molecular weight is 225 g/mol.